The van der Waals surface area contributed by atoms with Crippen LogP contribution in [0.15, 0.2) is 24.3 Å². The van der Waals surface area contributed by atoms with Gasteiger partial charge in [0.05, 0.1) is 0 Å². The molecule has 0 bridgehead atoms. The number of amides is 1. The summed E-state index contributed by atoms with van der Waals surface area (Å²) in [5.74, 6) is 1.25. The molecule has 126 valence electrons. The zero-order chi connectivity index (χ0) is 16.4. The number of nitrogens with zero attached hydrogens (tertiary/aromatic N) is 1. The van der Waals surface area contributed by atoms with Crippen LogP contribution in [0.2, 0.25) is 5.02 Å². The van der Waals surface area contributed by atoms with Crippen LogP contribution in [-0.4, -0.2) is 29.9 Å². The first-order chi connectivity index (χ1) is 11.1. The molecule has 2 aliphatic rings. The molecule has 0 unspecified atom stereocenters. The van der Waals surface area contributed by atoms with Crippen molar-refractivity contribution >= 4 is 17.5 Å². The van der Waals surface area contributed by atoms with Crippen LogP contribution in [0.1, 0.15) is 51.1 Å². The van der Waals surface area contributed by atoms with Gasteiger partial charge >= 0.3 is 0 Å². The predicted molar refractivity (Wildman–Crippen MR) is 94.5 cm³/mol. The average Bonchev–Trinajstić information content (AvgIpc) is 3.39. The maximum Gasteiger partial charge on any atom is 0.225 e. The average molecular weight is 335 g/mol. The molecule has 1 aromatic carbocycles. The molecule has 23 heavy (non-hydrogen) atoms. The molecule has 2 fully saturated rings. The second-order valence-electron chi connectivity index (χ2n) is 7.03. The summed E-state index contributed by atoms with van der Waals surface area (Å²) in [4.78, 5) is 14.4. The molecule has 3 atom stereocenters. The van der Waals surface area contributed by atoms with Gasteiger partial charge in [-0.25, -0.2) is 0 Å². The van der Waals surface area contributed by atoms with Crippen molar-refractivity contribution in [3.63, 3.8) is 0 Å². The summed E-state index contributed by atoms with van der Waals surface area (Å²) in [6, 6.07) is 8.72. The minimum atomic E-state index is 0.230. The van der Waals surface area contributed by atoms with Crippen LogP contribution < -0.4 is 5.32 Å². The fraction of sp³-hybridized carbons (Fsp3) is 0.632. The second kappa shape index (κ2) is 7.23. The molecule has 1 saturated heterocycles. The molecule has 0 spiro atoms. The maximum absolute atomic E-state index is 12.3. The highest BCUT2D eigenvalue weighted by Gasteiger charge is 2.37. The fourth-order valence-corrected chi connectivity index (χ4v) is 3.99. The van der Waals surface area contributed by atoms with Crippen molar-refractivity contribution in [1.29, 1.82) is 0 Å². The van der Waals surface area contributed by atoms with E-state index in [0.717, 1.165) is 49.4 Å². The number of likely N-dealkylation sites (tertiary alicyclic amines) is 1. The number of rotatable bonds is 5. The number of halogens is 1. The van der Waals surface area contributed by atoms with Crippen molar-refractivity contribution < 1.29 is 4.79 Å². The zero-order valence-corrected chi connectivity index (χ0v) is 14.9. The Morgan fingerprint density at radius 3 is 2.74 bits per heavy atom. The molecule has 3 nitrogen and oxygen atoms in total. The topological polar surface area (TPSA) is 32.3 Å². The molecule has 1 saturated carbocycles. The van der Waals surface area contributed by atoms with E-state index in [-0.39, 0.29) is 6.04 Å². The van der Waals surface area contributed by atoms with E-state index in [0.29, 0.717) is 23.8 Å². The Labute approximate surface area is 144 Å². The molecule has 0 radical (unpaired) electrons. The van der Waals surface area contributed by atoms with Crippen LogP contribution >= 0.6 is 11.6 Å². The van der Waals surface area contributed by atoms with Crippen LogP contribution in [0, 0.1) is 11.8 Å². The van der Waals surface area contributed by atoms with Crippen LogP contribution in [0.3, 0.4) is 0 Å². The Morgan fingerprint density at radius 1 is 1.35 bits per heavy atom. The lowest BCUT2D eigenvalue weighted by Crippen LogP contribution is -2.51. The van der Waals surface area contributed by atoms with Gasteiger partial charge in [-0.3, -0.25) is 4.79 Å². The van der Waals surface area contributed by atoms with Crippen molar-refractivity contribution in [2.45, 2.75) is 51.6 Å². The largest absolute Gasteiger partial charge is 0.342 e. The predicted octanol–water partition coefficient (Wildman–Crippen LogP) is 4.03. The van der Waals surface area contributed by atoms with E-state index in [2.05, 4.69) is 30.1 Å². The molecular formula is C19H27ClN2O. The van der Waals surface area contributed by atoms with Gasteiger partial charge in [-0.05, 0) is 43.7 Å². The molecule has 1 heterocycles. The summed E-state index contributed by atoms with van der Waals surface area (Å²) < 4.78 is 0. The summed E-state index contributed by atoms with van der Waals surface area (Å²) in [5, 5.41) is 4.58. The number of hydrogen-bond donors (Lipinski definition) is 1. The maximum atomic E-state index is 12.3. The van der Waals surface area contributed by atoms with Crippen LogP contribution in [0.25, 0.3) is 0 Å². The molecule has 4 heteroatoms. The highest BCUT2D eigenvalue weighted by atomic mass is 35.5. The summed E-state index contributed by atoms with van der Waals surface area (Å²) >= 11 is 6.32. The van der Waals surface area contributed by atoms with Gasteiger partial charge in [-0.15, -0.1) is 0 Å². The first kappa shape index (κ1) is 16.8. The summed E-state index contributed by atoms with van der Waals surface area (Å²) in [6.07, 6.45) is 4.32. The van der Waals surface area contributed by atoms with E-state index in [4.69, 9.17) is 11.6 Å². The van der Waals surface area contributed by atoms with Gasteiger partial charge in [0.25, 0.3) is 0 Å². The lowest BCUT2D eigenvalue weighted by atomic mass is 9.88. The lowest BCUT2D eigenvalue weighted by Gasteiger charge is -2.40. The second-order valence-corrected chi connectivity index (χ2v) is 7.44. The number of hydrogen-bond acceptors (Lipinski definition) is 2. The molecule has 1 aliphatic carbocycles. The Balaban J connectivity index is 1.61. The normalized spacial score (nSPS) is 26.1. The SMILES string of the molecule is CC[C@@H]1CN(C(=O)C2CC2)CC[C@@H]1N[C@@H](C)c1ccccc1Cl. The molecule has 1 aromatic rings. The number of nitrogens with one attached hydrogen (secondary N) is 1. The molecule has 3 rings (SSSR count). The number of carbonyl (C=O) groups excluding carboxylic acids is 1. The third kappa shape index (κ3) is 3.89. The van der Waals surface area contributed by atoms with Gasteiger partial charge in [0.2, 0.25) is 5.91 Å². The van der Waals surface area contributed by atoms with E-state index >= 15 is 0 Å². The summed E-state index contributed by atoms with van der Waals surface area (Å²) in [6.45, 7) is 6.19. The van der Waals surface area contributed by atoms with Gasteiger partial charge in [0.15, 0.2) is 0 Å². The van der Waals surface area contributed by atoms with Gasteiger partial charge in [0.1, 0.15) is 0 Å². The Morgan fingerprint density at radius 2 is 2.09 bits per heavy atom. The minimum absolute atomic E-state index is 0.230. The van der Waals surface area contributed by atoms with E-state index in [9.17, 15) is 4.79 Å². The number of piperidine rings is 1. The standard InChI is InChI=1S/C19H27ClN2O/c1-3-14-12-22(19(23)15-8-9-15)11-10-18(14)21-13(2)16-6-4-5-7-17(16)20/h4-7,13-15,18,21H,3,8-12H2,1-2H3/t13-,14+,18-/m0/s1. The fourth-order valence-electron chi connectivity index (χ4n) is 3.69. The lowest BCUT2D eigenvalue weighted by molar-refractivity contribution is -0.134. The molecular weight excluding hydrogens is 308 g/mol. The van der Waals surface area contributed by atoms with Crippen molar-refractivity contribution in [3.05, 3.63) is 34.9 Å². The minimum Gasteiger partial charge on any atom is -0.342 e. The Kier molecular flexibility index (Phi) is 5.27. The molecule has 1 amide bonds. The van der Waals surface area contributed by atoms with Crippen molar-refractivity contribution in [1.82, 2.24) is 10.2 Å². The third-order valence-corrected chi connectivity index (χ3v) is 5.68. The van der Waals surface area contributed by atoms with E-state index < -0.39 is 0 Å². The molecule has 1 N–H and O–H groups in total. The Bertz CT molecular complexity index is 558. The highest BCUT2D eigenvalue weighted by Crippen LogP contribution is 2.33. The quantitative estimate of drug-likeness (QED) is 0.881. The number of benzene rings is 1. The first-order valence-electron chi connectivity index (χ1n) is 8.89. The van der Waals surface area contributed by atoms with Gasteiger partial charge in [-0.1, -0.05) is 43.1 Å². The Hall–Kier alpha value is -1.06. The highest BCUT2D eigenvalue weighted by molar-refractivity contribution is 6.31. The van der Waals surface area contributed by atoms with E-state index in [1.165, 1.54) is 0 Å². The molecule has 0 aromatic heterocycles. The number of carbonyl (C=O) groups is 1. The van der Waals surface area contributed by atoms with E-state index in [1.54, 1.807) is 0 Å². The summed E-state index contributed by atoms with van der Waals surface area (Å²) in [5.41, 5.74) is 1.15. The van der Waals surface area contributed by atoms with Crippen molar-refractivity contribution in [3.8, 4) is 0 Å². The monoisotopic (exact) mass is 334 g/mol. The third-order valence-electron chi connectivity index (χ3n) is 5.33. The van der Waals surface area contributed by atoms with Crippen molar-refractivity contribution in [2.75, 3.05) is 13.1 Å². The molecule has 1 aliphatic heterocycles. The van der Waals surface area contributed by atoms with Crippen molar-refractivity contribution in [2.24, 2.45) is 11.8 Å². The smallest absolute Gasteiger partial charge is 0.225 e. The van der Waals surface area contributed by atoms with Gasteiger partial charge in [-0.2, -0.15) is 0 Å². The first-order valence-corrected chi connectivity index (χ1v) is 9.27. The van der Waals surface area contributed by atoms with Crippen LogP contribution in [0.4, 0.5) is 0 Å². The van der Waals surface area contributed by atoms with Gasteiger partial charge < -0.3 is 10.2 Å². The van der Waals surface area contributed by atoms with Crippen LogP contribution in [0.5, 0.6) is 0 Å². The van der Waals surface area contributed by atoms with Crippen LogP contribution in [-0.2, 0) is 4.79 Å². The summed E-state index contributed by atoms with van der Waals surface area (Å²) in [7, 11) is 0. The zero-order valence-electron chi connectivity index (χ0n) is 14.1. The van der Waals surface area contributed by atoms with Gasteiger partial charge in [0, 0.05) is 36.1 Å². The van der Waals surface area contributed by atoms with E-state index in [1.807, 2.05) is 18.2 Å².